The van der Waals surface area contributed by atoms with Gasteiger partial charge >= 0.3 is 5.97 Å². The molecule has 138 valence electrons. The van der Waals surface area contributed by atoms with Gasteiger partial charge in [-0.15, -0.1) is 11.8 Å². The lowest BCUT2D eigenvalue weighted by molar-refractivity contribution is -0.160. The van der Waals surface area contributed by atoms with Gasteiger partial charge in [-0.3, -0.25) is 9.59 Å². The summed E-state index contributed by atoms with van der Waals surface area (Å²) in [6.07, 6.45) is 3.00. The highest BCUT2D eigenvalue weighted by molar-refractivity contribution is 8.01. The number of carboxylic acids is 1. The summed E-state index contributed by atoms with van der Waals surface area (Å²) < 4.78 is 4.47. The van der Waals surface area contributed by atoms with Crippen molar-refractivity contribution in [3.8, 4) is 5.75 Å². The van der Waals surface area contributed by atoms with Crippen molar-refractivity contribution in [3.63, 3.8) is 0 Å². The molecule has 3 rings (SSSR count). The van der Waals surface area contributed by atoms with Crippen LogP contribution < -0.4 is 10.1 Å². The largest absolute Gasteiger partial charge is 0.497 e. The van der Waals surface area contributed by atoms with E-state index in [1.807, 2.05) is 12.1 Å². The lowest BCUT2D eigenvalue weighted by atomic mass is 9.96. The van der Waals surface area contributed by atoms with E-state index in [1.54, 1.807) is 39.2 Å². The second-order valence-corrected chi connectivity index (χ2v) is 8.46. The van der Waals surface area contributed by atoms with Crippen LogP contribution >= 0.6 is 11.8 Å². The highest BCUT2D eigenvalue weighted by Gasteiger charge is 2.64. The average Bonchev–Trinajstić information content (AvgIpc) is 2.86. The van der Waals surface area contributed by atoms with Crippen LogP contribution in [0.4, 0.5) is 0 Å². The second kappa shape index (κ2) is 6.68. The highest BCUT2D eigenvalue weighted by atomic mass is 32.2. The summed E-state index contributed by atoms with van der Waals surface area (Å²) in [5.41, 5.74) is 0.824. The van der Waals surface area contributed by atoms with Crippen molar-refractivity contribution in [1.82, 2.24) is 10.2 Å². The molecular weight excluding hydrogens is 356 g/mol. The van der Waals surface area contributed by atoms with Gasteiger partial charge in [-0.25, -0.2) is 4.79 Å². The fraction of sp³-hybridized carbons (Fsp3) is 0.389. The predicted molar refractivity (Wildman–Crippen MR) is 97.7 cm³/mol. The number of nitrogens with zero attached hydrogens (tertiary/aromatic N) is 1. The summed E-state index contributed by atoms with van der Waals surface area (Å²) in [5.74, 6) is -1.05. The summed E-state index contributed by atoms with van der Waals surface area (Å²) in [5, 5.41) is 11.7. The maximum absolute atomic E-state index is 12.3. The van der Waals surface area contributed by atoms with Gasteiger partial charge in [0.15, 0.2) is 0 Å². The van der Waals surface area contributed by atoms with E-state index < -0.39 is 28.7 Å². The van der Waals surface area contributed by atoms with Crippen LogP contribution in [0.3, 0.4) is 0 Å². The van der Waals surface area contributed by atoms with E-state index in [0.29, 0.717) is 0 Å². The Morgan fingerprint density at radius 3 is 2.54 bits per heavy atom. The number of β-lactam (4-membered cyclic amide) rings is 1. The van der Waals surface area contributed by atoms with E-state index in [9.17, 15) is 19.5 Å². The lowest BCUT2D eigenvalue weighted by Gasteiger charge is -2.43. The number of hydrogen-bond acceptors (Lipinski definition) is 5. The molecule has 2 saturated heterocycles. The number of methoxy groups -OCH3 is 1. The fourth-order valence-corrected chi connectivity index (χ4v) is 4.86. The first-order valence-corrected chi connectivity index (χ1v) is 8.98. The number of nitrogens with one attached hydrogen (secondary N) is 1. The monoisotopic (exact) mass is 376 g/mol. The molecule has 0 spiro atoms. The Morgan fingerprint density at radius 2 is 1.96 bits per heavy atom. The molecule has 2 fully saturated rings. The smallest absolute Gasteiger partial charge is 0.327 e. The van der Waals surface area contributed by atoms with Crippen LogP contribution in [-0.4, -0.2) is 57.1 Å². The van der Waals surface area contributed by atoms with E-state index >= 15 is 0 Å². The SMILES string of the molecule is COc1ccc(/C=C\C(=O)N[C@@H]2C(=O)N3[C@@H](C(=O)O)C(C)(C)S[C@@H]23)cc1. The molecule has 2 aliphatic heterocycles. The van der Waals surface area contributed by atoms with Crippen molar-refractivity contribution in [2.45, 2.75) is 36.1 Å². The normalized spacial score (nSPS) is 26.3. The van der Waals surface area contributed by atoms with Gasteiger partial charge in [0.25, 0.3) is 0 Å². The third kappa shape index (κ3) is 3.16. The molecule has 0 bridgehead atoms. The van der Waals surface area contributed by atoms with Gasteiger partial charge in [-0.05, 0) is 37.6 Å². The van der Waals surface area contributed by atoms with Crippen molar-refractivity contribution < 1.29 is 24.2 Å². The van der Waals surface area contributed by atoms with E-state index in [-0.39, 0.29) is 11.3 Å². The molecule has 0 saturated carbocycles. The molecule has 0 aliphatic carbocycles. The molecule has 1 aromatic carbocycles. The molecule has 3 atom stereocenters. The Hall–Kier alpha value is -2.48. The van der Waals surface area contributed by atoms with E-state index in [0.717, 1.165) is 11.3 Å². The number of carbonyl (C=O) groups excluding carboxylic acids is 2. The van der Waals surface area contributed by atoms with Crippen molar-refractivity contribution in [2.75, 3.05) is 7.11 Å². The Bertz CT molecular complexity index is 774. The minimum absolute atomic E-state index is 0.350. The minimum Gasteiger partial charge on any atom is -0.497 e. The van der Waals surface area contributed by atoms with Crippen molar-refractivity contribution >= 4 is 35.6 Å². The van der Waals surface area contributed by atoms with Crippen molar-refractivity contribution in [1.29, 1.82) is 0 Å². The molecule has 2 aliphatic rings. The molecule has 1 aromatic rings. The maximum atomic E-state index is 12.3. The second-order valence-electron chi connectivity index (χ2n) is 6.69. The lowest BCUT2D eigenvalue weighted by Crippen LogP contribution is -2.70. The topological polar surface area (TPSA) is 95.9 Å². The van der Waals surface area contributed by atoms with E-state index in [4.69, 9.17) is 4.74 Å². The van der Waals surface area contributed by atoms with E-state index in [1.165, 1.54) is 22.7 Å². The summed E-state index contributed by atoms with van der Waals surface area (Å²) in [6.45, 7) is 3.59. The zero-order valence-corrected chi connectivity index (χ0v) is 15.4. The molecule has 2 heterocycles. The van der Waals surface area contributed by atoms with Gasteiger partial charge in [0.05, 0.1) is 7.11 Å². The maximum Gasteiger partial charge on any atom is 0.327 e. The summed E-state index contributed by atoms with van der Waals surface area (Å²) in [4.78, 5) is 37.3. The first-order chi connectivity index (χ1) is 12.2. The van der Waals surface area contributed by atoms with Crippen molar-refractivity contribution in [3.05, 3.63) is 35.9 Å². The summed E-state index contributed by atoms with van der Waals surface area (Å²) >= 11 is 1.40. The van der Waals surface area contributed by atoms with Crippen LogP contribution in [0.1, 0.15) is 19.4 Å². The number of rotatable bonds is 5. The molecule has 0 unspecified atom stereocenters. The summed E-state index contributed by atoms with van der Waals surface area (Å²) in [7, 11) is 1.58. The first kappa shape index (κ1) is 18.3. The van der Waals surface area contributed by atoms with Crippen LogP contribution in [0.25, 0.3) is 6.08 Å². The van der Waals surface area contributed by atoms with Crippen LogP contribution in [0.15, 0.2) is 30.3 Å². The highest BCUT2D eigenvalue weighted by Crippen LogP contribution is 2.50. The van der Waals surface area contributed by atoms with Gasteiger partial charge in [0.1, 0.15) is 23.2 Å². The molecule has 7 nitrogen and oxygen atoms in total. The number of fused-ring (bicyclic) bond motifs is 1. The molecular formula is C18H20N2O5S. The number of carbonyl (C=O) groups is 3. The molecule has 2 amide bonds. The van der Waals surface area contributed by atoms with Gasteiger partial charge < -0.3 is 20.1 Å². The van der Waals surface area contributed by atoms with Gasteiger partial charge in [-0.1, -0.05) is 12.1 Å². The van der Waals surface area contributed by atoms with Gasteiger partial charge in [0.2, 0.25) is 11.8 Å². The number of benzene rings is 1. The molecule has 26 heavy (non-hydrogen) atoms. The number of amides is 2. The average molecular weight is 376 g/mol. The number of hydrogen-bond donors (Lipinski definition) is 2. The Kier molecular flexibility index (Phi) is 4.70. The van der Waals surface area contributed by atoms with Gasteiger partial charge in [-0.2, -0.15) is 0 Å². The number of thioether (sulfide) groups is 1. The molecule has 0 aromatic heterocycles. The predicted octanol–water partition coefficient (Wildman–Crippen LogP) is 1.34. The third-order valence-corrected chi connectivity index (χ3v) is 6.09. The van der Waals surface area contributed by atoms with Crippen LogP contribution in [-0.2, 0) is 14.4 Å². The summed E-state index contributed by atoms with van der Waals surface area (Å²) in [6, 6.07) is 5.62. The van der Waals surface area contributed by atoms with E-state index in [2.05, 4.69) is 5.32 Å². The first-order valence-electron chi connectivity index (χ1n) is 8.10. The Morgan fingerprint density at radius 1 is 1.31 bits per heavy atom. The van der Waals surface area contributed by atoms with Gasteiger partial charge in [0, 0.05) is 10.8 Å². The standard InChI is InChI=1S/C18H20N2O5S/c1-18(2)14(17(23)24)20-15(22)13(16(20)26-18)19-12(21)9-6-10-4-7-11(25-3)8-5-10/h4-9,13-14,16H,1-3H3,(H,19,21)(H,23,24)/b9-6-/t13-,14+,16+/m1/s1. The minimum atomic E-state index is -1.03. The van der Waals surface area contributed by atoms with Crippen LogP contribution in [0, 0.1) is 0 Å². The molecule has 8 heteroatoms. The van der Waals surface area contributed by atoms with Crippen LogP contribution in [0.2, 0.25) is 0 Å². The quantitative estimate of drug-likeness (QED) is 0.595. The molecule has 2 N–H and O–H groups in total. The zero-order chi connectivity index (χ0) is 19.1. The number of ether oxygens (including phenoxy) is 1. The zero-order valence-electron chi connectivity index (χ0n) is 14.6. The Labute approximate surface area is 155 Å². The fourth-order valence-electron chi connectivity index (χ4n) is 3.23. The van der Waals surface area contributed by atoms with Crippen molar-refractivity contribution in [2.24, 2.45) is 0 Å². The third-order valence-electron chi connectivity index (χ3n) is 4.52. The Balaban J connectivity index is 1.63. The van der Waals surface area contributed by atoms with Crippen LogP contribution in [0.5, 0.6) is 5.75 Å². The molecule has 0 radical (unpaired) electrons. The number of carboxylic acid groups (broad SMARTS) is 1. The number of aliphatic carboxylic acids is 1.